The molecule has 126 heavy (non-hydrogen) atoms. The first-order valence-corrected chi connectivity index (χ1v) is 57.4. The quantitative estimate of drug-likeness (QED) is 0.253. The molecule has 0 aromatic rings. The van der Waals surface area contributed by atoms with Crippen LogP contribution in [0.3, 0.4) is 0 Å². The van der Waals surface area contributed by atoms with Crippen LogP contribution in [0.1, 0.15) is 464 Å². The summed E-state index contributed by atoms with van der Waals surface area (Å²) in [5, 5.41) is 2.98. The van der Waals surface area contributed by atoms with Gasteiger partial charge in [-0.3, -0.25) is 4.79 Å². The van der Waals surface area contributed by atoms with Crippen molar-refractivity contribution in [1.82, 2.24) is 10.2 Å². The van der Waals surface area contributed by atoms with Gasteiger partial charge >= 0.3 is 0 Å². The van der Waals surface area contributed by atoms with Crippen LogP contribution in [0.25, 0.3) is 0 Å². The van der Waals surface area contributed by atoms with Crippen LogP contribution in [0.5, 0.6) is 0 Å². The molecule has 0 aliphatic carbocycles. The molecular formula is C114H228N2O5S5. The van der Waals surface area contributed by atoms with E-state index in [-0.39, 0.29) is 38.4 Å². The number of rotatable bonds is 0. The number of sulfone groups is 1. The molecule has 0 spiro atoms. The molecule has 9 rings (SSSR count). The van der Waals surface area contributed by atoms with E-state index in [0.717, 1.165) is 39.4 Å². The lowest BCUT2D eigenvalue weighted by molar-refractivity contribution is -0.121. The predicted octanol–water partition coefficient (Wildman–Crippen LogP) is 34.6. The van der Waals surface area contributed by atoms with Crippen molar-refractivity contribution in [3.05, 3.63) is 0 Å². The fraction of sp³-hybridized carbons (Fsp3) is 0.991. The first-order valence-electron chi connectivity index (χ1n) is 51.0. The van der Waals surface area contributed by atoms with Crippen LogP contribution in [0, 0.1) is 146 Å². The van der Waals surface area contributed by atoms with Gasteiger partial charge in [0.2, 0.25) is 5.91 Å². The molecule has 0 bridgehead atoms. The van der Waals surface area contributed by atoms with Crippen molar-refractivity contribution >= 4 is 62.8 Å². The van der Waals surface area contributed by atoms with Crippen LogP contribution in [-0.2, 0) is 24.1 Å². The van der Waals surface area contributed by atoms with Crippen molar-refractivity contribution in [2.75, 3.05) is 111 Å². The molecule has 9 saturated heterocycles. The lowest BCUT2D eigenvalue weighted by atomic mass is 9.50. The van der Waals surface area contributed by atoms with E-state index in [1.54, 1.807) is 0 Å². The number of hydrogen-bond acceptors (Lipinski definition) is 10. The molecule has 754 valence electrons. The molecule has 9 aliphatic rings. The fourth-order valence-corrected chi connectivity index (χ4v) is 37.7. The maximum atomic E-state index is 11.7. The summed E-state index contributed by atoms with van der Waals surface area (Å²) in [7, 11) is -0.575. The summed E-state index contributed by atoms with van der Waals surface area (Å²) in [5.41, 5.74) is 9.45. The van der Waals surface area contributed by atoms with E-state index < -0.39 is 9.84 Å². The molecule has 12 heteroatoms. The molecule has 9 fully saturated rings. The molecule has 9 aliphatic heterocycles. The molecule has 0 radical (unpaired) electrons. The number of likely N-dealkylation sites (tertiary alicyclic amines) is 1. The summed E-state index contributed by atoms with van der Waals surface area (Å²) in [6.07, 6.45) is 17.6. The molecule has 1 amide bonds. The summed E-state index contributed by atoms with van der Waals surface area (Å²) in [5.74, 6) is 11.8. The molecule has 0 aromatic carbocycles. The largest absolute Gasteiger partial charge is 0.381 e. The van der Waals surface area contributed by atoms with E-state index in [1.165, 1.54) is 136 Å². The summed E-state index contributed by atoms with van der Waals surface area (Å²) in [6.45, 7) is 134. The third kappa shape index (κ3) is 29.0. The highest BCUT2D eigenvalue weighted by molar-refractivity contribution is 8.00. The summed E-state index contributed by atoms with van der Waals surface area (Å²) >= 11 is 8.58. The number of hydrogen-bond donors (Lipinski definition) is 1. The van der Waals surface area contributed by atoms with Crippen molar-refractivity contribution in [2.24, 2.45) is 146 Å². The number of carbonyl (C=O) groups is 1. The zero-order valence-electron chi connectivity index (χ0n) is 96.0. The van der Waals surface area contributed by atoms with E-state index >= 15 is 0 Å². The average molecular weight is 1870 g/mol. The molecule has 0 saturated carbocycles. The van der Waals surface area contributed by atoms with Gasteiger partial charge < -0.3 is 19.7 Å². The lowest BCUT2D eigenvalue weighted by Crippen LogP contribution is -2.52. The van der Waals surface area contributed by atoms with Gasteiger partial charge in [-0.2, -0.15) is 47.0 Å². The van der Waals surface area contributed by atoms with Crippen molar-refractivity contribution in [3.63, 3.8) is 0 Å². The smallest absolute Gasteiger partial charge is 0.220 e. The van der Waals surface area contributed by atoms with Crippen molar-refractivity contribution in [2.45, 2.75) is 464 Å². The van der Waals surface area contributed by atoms with Crippen molar-refractivity contribution in [1.29, 1.82) is 0 Å². The van der Waals surface area contributed by atoms with Gasteiger partial charge in [-0.1, -0.05) is 374 Å². The minimum absolute atomic E-state index is 0.0365. The zero-order chi connectivity index (χ0) is 100. The zero-order valence-corrected chi connectivity index (χ0v) is 100. The monoisotopic (exact) mass is 1870 g/mol. The normalized spacial score (nSPS) is 23.7. The molecule has 7 nitrogen and oxygen atoms in total. The van der Waals surface area contributed by atoms with Crippen LogP contribution < -0.4 is 5.32 Å². The number of amides is 1. The average Bonchev–Trinajstić information content (AvgIpc) is 1.63. The minimum Gasteiger partial charge on any atom is -0.381 e. The topological polar surface area (TPSA) is 84.9 Å². The maximum absolute atomic E-state index is 11.7. The summed E-state index contributed by atoms with van der Waals surface area (Å²) < 4.78 is 34.6. The van der Waals surface area contributed by atoms with Crippen LogP contribution >= 0.6 is 47.0 Å². The Morgan fingerprint density at radius 3 is 0.675 bits per heavy atom. The number of nitrogens with one attached hydrogen (secondary N) is 1. The number of ether oxygens (including phenoxy) is 2. The third-order valence-corrected chi connectivity index (χ3v) is 43.7. The van der Waals surface area contributed by atoms with Gasteiger partial charge in [0.05, 0.1) is 18.1 Å². The maximum Gasteiger partial charge on any atom is 0.220 e. The Morgan fingerprint density at radius 2 is 0.508 bits per heavy atom. The molecule has 0 aromatic heterocycles. The van der Waals surface area contributed by atoms with Gasteiger partial charge in [0, 0.05) is 43.6 Å². The first kappa shape index (κ1) is 125. The molecular weight excluding hydrogens is 1640 g/mol. The number of thioether (sulfide) groups is 4. The SMILES string of the molecule is CC(C)(C)C1(C(C)(C)C)CCCSC1.CC(C)(C)C1(C(C)(C)C)CCCSC1.CC(C)(C)C1(C(C)(C)C)CCOC1.CC(C)(C)C1(C(C)(C)C)CCOCC1.CC(C)(C)C1(C(C)(C)C)CCS(=O)(=O)C1.CC(C)(C)C1(C(C)(C)C)CCSC1.CC(C)(C)C1(C(C)(C)C)CCSCC1.CC(C)(C)C1(C(C)(C)C)CNC(=O)C1.CN1CCC(C(C)(C)C)(C(C)(C)C)CC1. The molecule has 0 unspecified atom stereocenters. The second-order valence-electron chi connectivity index (χ2n) is 60.5. The third-order valence-electron chi connectivity index (χ3n) is 37.3. The van der Waals surface area contributed by atoms with Crippen LogP contribution in [0.4, 0.5) is 0 Å². The molecule has 0 atom stereocenters. The van der Waals surface area contributed by atoms with Gasteiger partial charge in [-0.25, -0.2) is 8.42 Å². The van der Waals surface area contributed by atoms with Crippen LogP contribution in [0.15, 0.2) is 0 Å². The van der Waals surface area contributed by atoms with Crippen molar-refractivity contribution < 1.29 is 22.7 Å². The molecule has 9 heterocycles. The standard InChI is InChI=1S/C14H29N.C13H26O.3C13H26S.C12H23NO.C12H24O2S.C12H24O.C12H24S/c1-12(2,3)14(13(4,5)6)8-10-15(7)11-9-14;2*1-11(2,3)13(12(4,5)6)7-9-14-10-8-13;2*1-11(2,3)13(12(4,5)6)8-7-9-14-10-13;1-10(2,3)12(11(4,5)6)7-9(14)13-8-12;1-10(2,3)12(11(4,5)6)7-8-15(13,14)9-12;2*1-10(2,3)12(11(4,5)6)7-8-13-9-12/h8-11H2,1-7H3;4*7-10H2,1-6H3;7-8H2,1-6H3,(H,13,14);7-9H2,1-6H3;2*7-9H2,1-6H3. The number of nitrogens with zero attached hydrogens (tertiary/aromatic N) is 1. The van der Waals surface area contributed by atoms with E-state index in [1.807, 2.05) is 0 Å². The number of carbonyl (C=O) groups excluding carboxylic acids is 1. The second kappa shape index (κ2) is 43.2. The van der Waals surface area contributed by atoms with E-state index in [2.05, 4.69) is 438 Å². The van der Waals surface area contributed by atoms with Crippen molar-refractivity contribution in [3.8, 4) is 0 Å². The second-order valence-corrected chi connectivity index (χ2v) is 67.2. The Balaban J connectivity index is 0.000000709. The number of piperidine rings is 1. The van der Waals surface area contributed by atoms with E-state index in [4.69, 9.17) is 9.47 Å². The highest BCUT2D eigenvalue weighted by Gasteiger charge is 2.61. The van der Waals surface area contributed by atoms with Gasteiger partial charge in [0.1, 0.15) is 0 Å². The predicted molar refractivity (Wildman–Crippen MR) is 577 cm³/mol. The highest BCUT2D eigenvalue weighted by atomic mass is 32.2. The van der Waals surface area contributed by atoms with E-state index in [9.17, 15) is 13.2 Å². The Labute approximate surface area is 810 Å². The summed E-state index contributed by atoms with van der Waals surface area (Å²) in [4.78, 5) is 13.9. The lowest BCUT2D eigenvalue weighted by Gasteiger charge is -2.57. The van der Waals surface area contributed by atoms with Crippen LogP contribution in [0.2, 0.25) is 0 Å². The van der Waals surface area contributed by atoms with Gasteiger partial charge in [-0.05, 0) is 285 Å². The van der Waals surface area contributed by atoms with Gasteiger partial charge in [0.15, 0.2) is 9.84 Å². The Hall–Kier alpha value is 0.700. The summed E-state index contributed by atoms with van der Waals surface area (Å²) in [6, 6.07) is 0. The minimum atomic E-state index is -2.82. The van der Waals surface area contributed by atoms with E-state index in [0.29, 0.717) is 132 Å². The molecule has 1 N–H and O–H groups in total. The fourth-order valence-electron chi connectivity index (χ4n) is 28.3. The highest BCUT2D eigenvalue weighted by Crippen LogP contribution is 2.66. The van der Waals surface area contributed by atoms with Crippen LogP contribution in [-0.4, -0.2) is 130 Å². The van der Waals surface area contributed by atoms with Gasteiger partial charge in [-0.15, -0.1) is 0 Å². The Morgan fingerprint density at radius 1 is 0.270 bits per heavy atom. The first-order chi connectivity index (χ1) is 55.4. The Bertz CT molecular complexity index is 2940. The van der Waals surface area contributed by atoms with Gasteiger partial charge in [0.25, 0.3) is 0 Å². The Kier molecular flexibility index (Phi) is 42.8.